The fourth-order valence-electron chi connectivity index (χ4n) is 7.36. The first-order chi connectivity index (χ1) is 18.3. The van der Waals surface area contributed by atoms with Crippen LogP contribution in [0.4, 0.5) is 0 Å². The highest BCUT2D eigenvalue weighted by molar-refractivity contribution is 5.64. The average molecular weight is 501 g/mol. The van der Waals surface area contributed by atoms with Crippen molar-refractivity contribution < 1.29 is 0 Å². The van der Waals surface area contributed by atoms with E-state index in [2.05, 4.69) is 62.4 Å². The van der Waals surface area contributed by atoms with Crippen molar-refractivity contribution in [3.05, 3.63) is 59.7 Å². The fraction of sp³-hybridized carbons (Fsp3) is 0.676. The zero-order valence-electron chi connectivity index (χ0n) is 24.4. The Morgan fingerprint density at radius 2 is 0.784 bits per heavy atom. The van der Waals surface area contributed by atoms with Gasteiger partial charge in [0.2, 0.25) is 0 Å². The molecule has 0 N–H and O–H groups in total. The maximum Gasteiger partial charge on any atom is -0.0162 e. The second kappa shape index (κ2) is 15.8. The highest BCUT2D eigenvalue weighted by Crippen LogP contribution is 2.40. The van der Waals surface area contributed by atoms with Crippen molar-refractivity contribution in [2.75, 3.05) is 0 Å². The summed E-state index contributed by atoms with van der Waals surface area (Å²) < 4.78 is 0. The van der Waals surface area contributed by atoms with Crippen molar-refractivity contribution in [2.24, 2.45) is 11.8 Å². The molecule has 0 heteroatoms. The molecule has 0 aromatic heterocycles. The summed E-state index contributed by atoms with van der Waals surface area (Å²) in [5.41, 5.74) is 5.91. The molecule has 2 aliphatic carbocycles. The van der Waals surface area contributed by atoms with Crippen LogP contribution < -0.4 is 0 Å². The SMILES string of the molecule is CCCCCCCCC1CCC(c2ccc(-c3ccc(C4CCC(CCCCC)CC4)cc3)cc2)CC1. The van der Waals surface area contributed by atoms with E-state index in [4.69, 9.17) is 0 Å². The number of rotatable bonds is 14. The largest absolute Gasteiger partial charge is 0.0654 e. The summed E-state index contributed by atoms with van der Waals surface area (Å²) in [5, 5.41) is 0. The molecule has 4 rings (SSSR count). The molecule has 0 aliphatic heterocycles. The number of unbranched alkanes of at least 4 members (excludes halogenated alkanes) is 7. The molecule has 0 atom stereocenters. The molecule has 0 unspecified atom stereocenters. The summed E-state index contributed by atoms with van der Waals surface area (Å²) in [4.78, 5) is 0. The minimum atomic E-state index is 0.786. The van der Waals surface area contributed by atoms with Crippen LogP contribution in [0.25, 0.3) is 11.1 Å². The second-order valence-corrected chi connectivity index (χ2v) is 12.7. The first kappa shape index (κ1) is 28.4. The monoisotopic (exact) mass is 500 g/mol. The molecule has 0 heterocycles. The van der Waals surface area contributed by atoms with Crippen LogP contribution in [0.3, 0.4) is 0 Å². The zero-order valence-corrected chi connectivity index (χ0v) is 24.4. The summed E-state index contributed by atoms with van der Waals surface area (Å²) in [5.74, 6) is 3.57. The first-order valence-electron chi connectivity index (χ1n) is 16.5. The van der Waals surface area contributed by atoms with Gasteiger partial charge in [0, 0.05) is 0 Å². The lowest BCUT2D eigenvalue weighted by atomic mass is 9.76. The van der Waals surface area contributed by atoms with Crippen molar-refractivity contribution in [2.45, 2.75) is 148 Å². The maximum absolute atomic E-state index is 2.43. The molecule has 2 aliphatic rings. The van der Waals surface area contributed by atoms with Gasteiger partial charge in [0.25, 0.3) is 0 Å². The Kier molecular flexibility index (Phi) is 12.1. The fourth-order valence-corrected chi connectivity index (χ4v) is 7.36. The van der Waals surface area contributed by atoms with Crippen molar-refractivity contribution in [3.8, 4) is 11.1 Å². The Morgan fingerprint density at radius 1 is 0.432 bits per heavy atom. The summed E-state index contributed by atoms with van der Waals surface area (Å²) in [6.45, 7) is 4.63. The molecule has 0 saturated heterocycles. The third-order valence-electron chi connectivity index (χ3n) is 9.97. The smallest absolute Gasteiger partial charge is 0.0162 e. The molecule has 2 fully saturated rings. The Hall–Kier alpha value is -1.56. The Labute approximate surface area is 230 Å². The standard InChI is InChI=1S/C37H56/c1-3-5-7-8-9-11-13-31-16-20-33(21-17-31)35-24-28-37(29-25-35)36-26-22-34(23-27-36)32-18-14-30(15-19-32)12-10-6-4-2/h22-33H,3-21H2,1-2H3. The minimum absolute atomic E-state index is 0.786. The van der Waals surface area contributed by atoms with Gasteiger partial charge in [-0.1, -0.05) is 133 Å². The quantitative estimate of drug-likeness (QED) is 0.226. The lowest BCUT2D eigenvalue weighted by Gasteiger charge is -2.29. The summed E-state index contributed by atoms with van der Waals surface area (Å²) in [6, 6.07) is 19.2. The Morgan fingerprint density at radius 3 is 1.22 bits per heavy atom. The minimum Gasteiger partial charge on any atom is -0.0654 e. The van der Waals surface area contributed by atoms with Gasteiger partial charge in [0.1, 0.15) is 0 Å². The van der Waals surface area contributed by atoms with Gasteiger partial charge >= 0.3 is 0 Å². The summed E-state index contributed by atoms with van der Waals surface area (Å²) >= 11 is 0. The summed E-state index contributed by atoms with van der Waals surface area (Å²) in [6.07, 6.45) is 27.1. The molecular formula is C37H56. The van der Waals surface area contributed by atoms with Crippen LogP contribution in [0, 0.1) is 11.8 Å². The number of benzene rings is 2. The van der Waals surface area contributed by atoms with Crippen LogP contribution in [0.2, 0.25) is 0 Å². The van der Waals surface area contributed by atoms with Gasteiger partial charge in [0.15, 0.2) is 0 Å². The third-order valence-corrected chi connectivity index (χ3v) is 9.97. The average Bonchev–Trinajstić information content (AvgIpc) is 2.96. The van der Waals surface area contributed by atoms with Crippen LogP contribution in [-0.4, -0.2) is 0 Å². The molecule has 0 amide bonds. The molecule has 204 valence electrons. The van der Waals surface area contributed by atoms with Gasteiger partial charge in [-0.05, 0) is 97.3 Å². The lowest BCUT2D eigenvalue weighted by Crippen LogP contribution is -2.13. The van der Waals surface area contributed by atoms with Crippen LogP contribution in [0.5, 0.6) is 0 Å². The lowest BCUT2D eigenvalue weighted by molar-refractivity contribution is 0.302. The molecule has 2 saturated carbocycles. The number of hydrogen-bond donors (Lipinski definition) is 0. The van der Waals surface area contributed by atoms with E-state index in [1.165, 1.54) is 133 Å². The van der Waals surface area contributed by atoms with Crippen molar-refractivity contribution in [1.29, 1.82) is 0 Å². The van der Waals surface area contributed by atoms with Crippen molar-refractivity contribution in [3.63, 3.8) is 0 Å². The van der Waals surface area contributed by atoms with Crippen molar-refractivity contribution >= 4 is 0 Å². The molecule has 0 spiro atoms. The second-order valence-electron chi connectivity index (χ2n) is 12.7. The van der Waals surface area contributed by atoms with E-state index in [1.54, 1.807) is 11.1 Å². The van der Waals surface area contributed by atoms with Gasteiger partial charge in [0.05, 0.1) is 0 Å². The van der Waals surface area contributed by atoms with Gasteiger partial charge < -0.3 is 0 Å². The van der Waals surface area contributed by atoms with E-state index < -0.39 is 0 Å². The van der Waals surface area contributed by atoms with E-state index >= 15 is 0 Å². The highest BCUT2D eigenvalue weighted by Gasteiger charge is 2.23. The predicted molar refractivity (Wildman–Crippen MR) is 163 cm³/mol. The predicted octanol–water partition coefficient (Wildman–Crippen LogP) is 12.2. The summed E-state index contributed by atoms with van der Waals surface area (Å²) in [7, 11) is 0. The van der Waals surface area contributed by atoms with E-state index in [-0.39, 0.29) is 0 Å². The molecular weight excluding hydrogens is 444 g/mol. The number of hydrogen-bond acceptors (Lipinski definition) is 0. The first-order valence-corrected chi connectivity index (χ1v) is 16.5. The topological polar surface area (TPSA) is 0 Å². The normalized spacial score (nSPS) is 24.3. The highest BCUT2D eigenvalue weighted by atomic mass is 14.3. The molecule has 0 radical (unpaired) electrons. The molecule has 0 nitrogen and oxygen atoms in total. The van der Waals surface area contributed by atoms with Gasteiger partial charge in [-0.25, -0.2) is 0 Å². The van der Waals surface area contributed by atoms with Crippen LogP contribution in [-0.2, 0) is 0 Å². The zero-order chi connectivity index (χ0) is 25.7. The van der Waals surface area contributed by atoms with Gasteiger partial charge in [-0.15, -0.1) is 0 Å². The van der Waals surface area contributed by atoms with Gasteiger partial charge in [-0.2, -0.15) is 0 Å². The molecule has 2 aromatic rings. The van der Waals surface area contributed by atoms with Crippen molar-refractivity contribution in [1.82, 2.24) is 0 Å². The Bertz CT molecular complexity index is 844. The van der Waals surface area contributed by atoms with Crippen LogP contribution in [0.1, 0.15) is 159 Å². The molecule has 37 heavy (non-hydrogen) atoms. The van der Waals surface area contributed by atoms with E-state index in [0.29, 0.717) is 0 Å². The van der Waals surface area contributed by atoms with Crippen LogP contribution >= 0.6 is 0 Å². The third kappa shape index (κ3) is 9.01. The van der Waals surface area contributed by atoms with E-state index in [1.807, 2.05) is 0 Å². The Balaban J connectivity index is 1.19. The van der Waals surface area contributed by atoms with E-state index in [0.717, 1.165) is 23.7 Å². The van der Waals surface area contributed by atoms with Gasteiger partial charge in [-0.3, -0.25) is 0 Å². The maximum atomic E-state index is 2.43. The molecule has 2 aromatic carbocycles. The molecule has 0 bridgehead atoms. The van der Waals surface area contributed by atoms with E-state index in [9.17, 15) is 0 Å². The van der Waals surface area contributed by atoms with Crippen LogP contribution in [0.15, 0.2) is 48.5 Å².